The van der Waals surface area contributed by atoms with Crippen molar-refractivity contribution in [2.75, 3.05) is 0 Å². The first-order valence-electron chi connectivity index (χ1n) is 7.92. The zero-order chi connectivity index (χ0) is 14.0. The molecule has 0 saturated carbocycles. The van der Waals surface area contributed by atoms with Crippen LogP contribution in [0.1, 0.15) is 85.5 Å². The molecular weight excluding hydrogens is 238 g/mol. The molecule has 0 rings (SSSR count). The van der Waals surface area contributed by atoms with Gasteiger partial charge in [0, 0.05) is 5.92 Å². The summed E-state index contributed by atoms with van der Waals surface area (Å²) in [6, 6.07) is 0. The summed E-state index contributed by atoms with van der Waals surface area (Å²) in [4.78, 5) is 0. The maximum absolute atomic E-state index is 11.0. The lowest BCUT2D eigenvalue weighted by Crippen LogP contribution is -2.43. The van der Waals surface area contributed by atoms with Gasteiger partial charge in [0.2, 0.25) is 0 Å². The summed E-state index contributed by atoms with van der Waals surface area (Å²) in [5.74, 6) is 0.0375. The van der Waals surface area contributed by atoms with Crippen molar-refractivity contribution in [1.29, 1.82) is 0 Å². The van der Waals surface area contributed by atoms with Crippen LogP contribution in [0.3, 0.4) is 0 Å². The van der Waals surface area contributed by atoms with Crippen molar-refractivity contribution in [3.05, 3.63) is 0 Å². The van der Waals surface area contributed by atoms with Crippen molar-refractivity contribution in [3.8, 4) is 0 Å². The van der Waals surface area contributed by atoms with E-state index in [4.69, 9.17) is 0 Å². The van der Waals surface area contributed by atoms with Crippen LogP contribution in [-0.4, -0.2) is 21.9 Å². The van der Waals surface area contributed by atoms with Crippen LogP contribution >= 0.6 is 0 Å². The largest absolute Gasteiger partial charge is 0.393 e. The van der Waals surface area contributed by atoms with Gasteiger partial charge in [0.25, 0.3) is 0 Å². The van der Waals surface area contributed by atoms with E-state index >= 15 is 0 Å². The lowest BCUT2D eigenvalue weighted by Gasteiger charge is -2.38. The van der Waals surface area contributed by atoms with Crippen LogP contribution in [0.25, 0.3) is 0 Å². The van der Waals surface area contributed by atoms with E-state index in [0.717, 1.165) is 57.8 Å². The van der Waals surface area contributed by atoms with E-state index in [2.05, 4.69) is 20.8 Å². The Hall–Kier alpha value is -0.120. The Morgan fingerprint density at radius 1 is 0.895 bits per heavy atom. The van der Waals surface area contributed by atoms with Gasteiger partial charge in [0.05, 0.1) is 11.7 Å². The molecule has 0 aliphatic heterocycles. The summed E-state index contributed by atoms with van der Waals surface area (Å²) < 4.78 is 0. The predicted molar refractivity (Wildman–Crippen MR) is 83.7 cm³/mol. The zero-order valence-corrected chi connectivity index (χ0v) is 13.6. The Labute approximate surface area is 120 Å². The lowest BCUT2D eigenvalue weighted by atomic mass is 9.74. The normalized spacial score (nSPS) is 14.8. The topological polar surface area (TPSA) is 75.5 Å². The van der Waals surface area contributed by atoms with E-state index in [-0.39, 0.29) is 12.1 Å². The molecule has 19 heavy (non-hydrogen) atoms. The highest BCUT2D eigenvalue weighted by Crippen LogP contribution is 2.35. The van der Waals surface area contributed by atoms with Crippen molar-refractivity contribution in [3.63, 3.8) is 0 Å². The zero-order valence-electron chi connectivity index (χ0n) is 13.6. The molecule has 0 bridgehead atoms. The maximum Gasteiger partial charge on any atom is 0.0700 e. The Morgan fingerprint density at radius 3 is 1.63 bits per heavy atom. The highest BCUT2D eigenvalue weighted by molar-refractivity contribution is 4.89. The molecule has 0 aromatic carbocycles. The van der Waals surface area contributed by atoms with E-state index in [1.165, 1.54) is 0 Å². The fourth-order valence-corrected chi connectivity index (χ4v) is 2.84. The van der Waals surface area contributed by atoms with E-state index in [0.29, 0.717) is 0 Å². The van der Waals surface area contributed by atoms with Gasteiger partial charge in [-0.25, -0.2) is 0 Å². The number of hydrogen-bond acceptors (Lipinski definition) is 3. The molecule has 3 heteroatoms. The third-order valence-electron chi connectivity index (χ3n) is 4.07. The number of unbranched alkanes of at least 4 members (excludes halogenated alkanes) is 3. The molecule has 0 fully saturated rings. The third kappa shape index (κ3) is 7.91. The second-order valence-corrected chi connectivity index (χ2v) is 5.80. The first kappa shape index (κ1) is 21.2. The van der Waals surface area contributed by atoms with Crippen molar-refractivity contribution < 1.29 is 10.2 Å². The summed E-state index contributed by atoms with van der Waals surface area (Å²) in [6.45, 7) is 8.31. The molecule has 2 unspecified atom stereocenters. The first-order chi connectivity index (χ1) is 8.51. The van der Waals surface area contributed by atoms with Gasteiger partial charge in [0.1, 0.15) is 0 Å². The summed E-state index contributed by atoms with van der Waals surface area (Å²) in [6.07, 6.45) is 8.74. The number of rotatable bonds is 11. The second-order valence-electron chi connectivity index (χ2n) is 5.80. The van der Waals surface area contributed by atoms with Gasteiger partial charge in [0.15, 0.2) is 0 Å². The van der Waals surface area contributed by atoms with Crippen LogP contribution in [0.2, 0.25) is 0 Å². The van der Waals surface area contributed by atoms with Gasteiger partial charge < -0.3 is 16.4 Å². The van der Waals surface area contributed by atoms with Crippen molar-refractivity contribution in [2.45, 2.75) is 97.2 Å². The molecule has 0 aliphatic carbocycles. The van der Waals surface area contributed by atoms with Gasteiger partial charge in [-0.2, -0.15) is 0 Å². The number of aliphatic hydroxyl groups excluding tert-OH is 1. The SMILES string of the molecule is CCCCC(C(C)O)C(O)(CCCC)CCCC.N. The molecule has 0 saturated heterocycles. The van der Waals surface area contributed by atoms with Gasteiger partial charge >= 0.3 is 0 Å². The molecule has 118 valence electrons. The molecule has 0 amide bonds. The Balaban J connectivity index is 0. The molecule has 0 radical (unpaired) electrons. The van der Waals surface area contributed by atoms with Crippen LogP contribution < -0.4 is 6.15 Å². The fourth-order valence-electron chi connectivity index (χ4n) is 2.84. The molecule has 0 aromatic rings. The average molecular weight is 275 g/mol. The monoisotopic (exact) mass is 275 g/mol. The van der Waals surface area contributed by atoms with Crippen LogP contribution in [0.4, 0.5) is 0 Å². The quantitative estimate of drug-likeness (QED) is 0.521. The standard InChI is InChI=1S/C16H34O2.H3N/c1-5-8-11-15(14(4)17)16(18,12-9-6-2)13-10-7-3;/h14-15,17-18H,5-13H2,1-4H3;1H3. The van der Waals surface area contributed by atoms with Crippen LogP contribution in [0.15, 0.2) is 0 Å². The molecule has 3 nitrogen and oxygen atoms in total. The molecule has 0 spiro atoms. The van der Waals surface area contributed by atoms with Gasteiger partial charge in [-0.3, -0.25) is 0 Å². The molecule has 0 aromatic heterocycles. The van der Waals surface area contributed by atoms with Crippen molar-refractivity contribution in [1.82, 2.24) is 6.15 Å². The minimum Gasteiger partial charge on any atom is -0.393 e. The van der Waals surface area contributed by atoms with E-state index in [1.807, 2.05) is 6.92 Å². The number of hydrogen-bond donors (Lipinski definition) is 3. The summed E-state index contributed by atoms with van der Waals surface area (Å²) in [7, 11) is 0. The van der Waals surface area contributed by atoms with Crippen molar-refractivity contribution >= 4 is 0 Å². The summed E-state index contributed by atoms with van der Waals surface area (Å²) >= 11 is 0. The maximum atomic E-state index is 11.0. The van der Waals surface area contributed by atoms with Crippen LogP contribution in [0, 0.1) is 5.92 Å². The molecule has 0 heterocycles. The average Bonchev–Trinajstić information content (AvgIpc) is 2.34. The van der Waals surface area contributed by atoms with E-state index < -0.39 is 11.7 Å². The van der Waals surface area contributed by atoms with Crippen LogP contribution in [0.5, 0.6) is 0 Å². The minimum absolute atomic E-state index is 0. The summed E-state index contributed by atoms with van der Waals surface area (Å²) in [5, 5.41) is 21.0. The van der Waals surface area contributed by atoms with Gasteiger partial charge in [-0.15, -0.1) is 0 Å². The molecule has 0 aliphatic rings. The van der Waals surface area contributed by atoms with Crippen molar-refractivity contribution in [2.24, 2.45) is 5.92 Å². The Morgan fingerprint density at radius 2 is 1.32 bits per heavy atom. The smallest absolute Gasteiger partial charge is 0.0700 e. The predicted octanol–water partition coefficient (Wildman–Crippen LogP) is 4.45. The molecular formula is C16H37NO2. The second kappa shape index (κ2) is 11.7. The van der Waals surface area contributed by atoms with Crippen LogP contribution in [-0.2, 0) is 0 Å². The van der Waals surface area contributed by atoms with Gasteiger partial charge in [-0.1, -0.05) is 59.3 Å². The van der Waals surface area contributed by atoms with Gasteiger partial charge in [-0.05, 0) is 26.2 Å². The highest BCUT2D eigenvalue weighted by Gasteiger charge is 2.37. The Kier molecular flexibility index (Phi) is 13.0. The highest BCUT2D eigenvalue weighted by atomic mass is 16.3. The number of aliphatic hydroxyl groups is 2. The third-order valence-corrected chi connectivity index (χ3v) is 4.07. The van der Waals surface area contributed by atoms with E-state index in [1.54, 1.807) is 0 Å². The van der Waals surface area contributed by atoms with E-state index in [9.17, 15) is 10.2 Å². The molecule has 2 atom stereocenters. The lowest BCUT2D eigenvalue weighted by molar-refractivity contribution is -0.0836. The Bertz CT molecular complexity index is 187. The molecule has 5 N–H and O–H groups in total. The fraction of sp³-hybridized carbons (Fsp3) is 1.00. The minimum atomic E-state index is -0.657. The first-order valence-corrected chi connectivity index (χ1v) is 7.92. The summed E-state index contributed by atoms with van der Waals surface area (Å²) in [5.41, 5.74) is -0.657.